The molecule has 1 saturated heterocycles. The molecule has 0 amide bonds. The molecule has 0 unspecified atom stereocenters. The van der Waals surface area contributed by atoms with Crippen molar-refractivity contribution in [3.05, 3.63) is 48.9 Å². The Balaban J connectivity index is -0.000000210. The van der Waals surface area contributed by atoms with Gasteiger partial charge in [-0.25, -0.2) is 9.97 Å². The summed E-state index contributed by atoms with van der Waals surface area (Å²) in [5, 5.41) is 36.3. The zero-order valence-electron chi connectivity index (χ0n) is 13.4. The average molecular weight is 528 g/mol. The van der Waals surface area contributed by atoms with Crippen LogP contribution in [0.25, 0.3) is 41.9 Å². The Kier molecular flexibility index (Phi) is 19.7. The number of hydrogen-bond acceptors (Lipinski definition) is 7. The van der Waals surface area contributed by atoms with Gasteiger partial charge in [-0.2, -0.15) is 0 Å². The largest absolute Gasteiger partial charge is 8.00 e. The number of fused-ring (bicyclic) bond motifs is 1. The maximum Gasteiger partial charge on any atom is 8.00 e. The first kappa shape index (κ1) is 36.1. The van der Waals surface area contributed by atoms with Crippen LogP contribution in [0.5, 0.6) is 0 Å². The van der Waals surface area contributed by atoms with Crippen LogP contribution in [0.4, 0.5) is 0 Å². The van der Waals surface area contributed by atoms with Crippen LogP contribution in [0.1, 0.15) is 6.23 Å². The Labute approximate surface area is 172 Å². The number of aliphatic hydroxyl groups excluding tert-OH is 3. The van der Waals surface area contributed by atoms with Gasteiger partial charge < -0.3 is 72.8 Å². The van der Waals surface area contributed by atoms with Crippen LogP contribution in [-0.4, -0.2) is 59.8 Å². The van der Waals surface area contributed by atoms with Crippen LogP contribution in [0.15, 0.2) is 12.7 Å². The third kappa shape index (κ3) is 5.80. The number of aliphatic hydroxyl groups is 3. The van der Waals surface area contributed by atoms with Gasteiger partial charge in [-0.05, 0) is 0 Å². The molecule has 0 aromatic carbocycles. The number of nitrogens with one attached hydrogen (secondary N) is 2. The number of imidazole rings is 1. The van der Waals surface area contributed by atoms with Crippen LogP contribution in [-0.2, 0) is 24.2 Å². The number of hydrogen-bond donors (Lipinski definition) is 5. The number of rotatable bonds is 2. The fraction of sp³-hybridized carbons (Fsp3) is 0.500. The number of aromatic amines is 1. The number of H-pyrrole nitrogens is 1. The van der Waals surface area contributed by atoms with Crippen LogP contribution < -0.4 is 22.5 Å². The van der Waals surface area contributed by atoms with Crippen molar-refractivity contribution in [3.63, 3.8) is 0 Å². The van der Waals surface area contributed by atoms with Gasteiger partial charge in [0, 0.05) is 0 Å². The molecule has 14 nitrogen and oxygen atoms in total. The monoisotopic (exact) mass is 528 g/mol. The third-order valence-electron chi connectivity index (χ3n) is 3.20. The summed E-state index contributed by atoms with van der Waals surface area (Å²) in [5.41, 5.74) is 0.786. The van der Waals surface area contributed by atoms with Crippen molar-refractivity contribution in [1.82, 2.24) is 19.5 Å². The summed E-state index contributed by atoms with van der Waals surface area (Å²) in [6.07, 6.45) is -1.37. The molecule has 3 heterocycles. The molecule has 0 saturated carbocycles. The number of aromatic nitrogens is 4. The van der Waals surface area contributed by atoms with E-state index in [0.29, 0.717) is 11.2 Å². The summed E-state index contributed by atoms with van der Waals surface area (Å²) >= 11 is 0. The van der Waals surface area contributed by atoms with E-state index < -0.39 is 31.1 Å². The van der Waals surface area contributed by atoms with E-state index in [1.807, 2.05) is 0 Å². The summed E-state index contributed by atoms with van der Waals surface area (Å²) in [5.74, 6) is 0. The minimum Gasteiger partial charge on any atom is -1.00 e. The van der Waals surface area contributed by atoms with E-state index in [1.54, 1.807) is 0 Å². The van der Waals surface area contributed by atoms with Crippen molar-refractivity contribution in [2.24, 2.45) is 0 Å². The Morgan fingerprint density at radius 2 is 1.69 bits per heavy atom. The topological polar surface area (TPSA) is 308 Å². The Morgan fingerprint density at radius 1 is 1.12 bits per heavy atom. The average Bonchev–Trinajstić information content (AvgIpc) is 2.94. The van der Waals surface area contributed by atoms with Gasteiger partial charge in [0.25, 0.3) is 0 Å². The SMILES string of the molecule is N=c1nc[nH]c2c1ncn2[C@@H]1O[C@H](CO)[C@@H](O)[C@H]1O.[Br-].[NH2-].[NH2-].[NH2-].[NH2-].[NH2-].[Ru+8]. The second kappa shape index (κ2) is 14.2. The third-order valence-corrected chi connectivity index (χ3v) is 3.20. The summed E-state index contributed by atoms with van der Waals surface area (Å²) in [6, 6.07) is 0. The predicted molar refractivity (Wildman–Crippen MR) is 87.2 cm³/mol. The summed E-state index contributed by atoms with van der Waals surface area (Å²) < 4.78 is 6.87. The molecular weight excluding hydrogens is 505 g/mol. The minimum atomic E-state index is -1.19. The van der Waals surface area contributed by atoms with E-state index in [1.165, 1.54) is 17.2 Å². The summed E-state index contributed by atoms with van der Waals surface area (Å²) in [7, 11) is 0. The van der Waals surface area contributed by atoms with Crippen molar-refractivity contribution < 1.29 is 56.5 Å². The van der Waals surface area contributed by atoms with E-state index in [-0.39, 0.29) is 72.7 Å². The standard InChI is InChI=1S/C10H13N5O4.BrH.5H2N.Ru/c11-8-5-9(13-2-12-8)15(3-14-5)10-7(18)6(17)4(1-16)19-10;;;;;;;/h2-4,6-7,10,16-18H,1H2,(H2,11,12,13);1H;5*1H2;/q;;5*-1;+8/p-1/t4-,6-,7-,10-;;;;;;;/m1......./s1. The molecule has 1 aliphatic rings. The Hall–Kier alpha value is -0.907. The molecule has 16 heteroatoms. The van der Waals surface area contributed by atoms with Crippen LogP contribution >= 0.6 is 0 Å². The molecule has 0 radical (unpaired) electrons. The van der Waals surface area contributed by atoms with Crippen molar-refractivity contribution in [2.45, 2.75) is 24.5 Å². The molecule has 1 aliphatic heterocycles. The van der Waals surface area contributed by atoms with Crippen molar-refractivity contribution in [1.29, 1.82) is 5.41 Å². The molecule has 26 heavy (non-hydrogen) atoms. The maximum absolute atomic E-state index is 9.95. The van der Waals surface area contributed by atoms with Gasteiger partial charge in [-0.15, -0.1) is 0 Å². The first-order valence-electron chi connectivity index (χ1n) is 5.70. The number of nitrogens with two attached hydrogens (primary N) is 5. The number of nitrogens with zero attached hydrogens (tertiary/aromatic N) is 3. The van der Waals surface area contributed by atoms with Gasteiger partial charge in [0.15, 0.2) is 11.7 Å². The summed E-state index contributed by atoms with van der Waals surface area (Å²) in [6.45, 7) is -0.393. The van der Waals surface area contributed by atoms with Gasteiger partial charge in [-0.3, -0.25) is 9.98 Å². The van der Waals surface area contributed by atoms with Crippen LogP contribution in [0.2, 0.25) is 0 Å². The van der Waals surface area contributed by atoms with E-state index in [0.717, 1.165) is 0 Å². The number of ether oxygens (including phenoxy) is 1. The molecule has 2 aromatic heterocycles. The maximum atomic E-state index is 9.95. The zero-order chi connectivity index (χ0) is 13.6. The predicted octanol–water partition coefficient (Wildman–Crippen LogP) is -1.56. The molecule has 0 spiro atoms. The van der Waals surface area contributed by atoms with Gasteiger partial charge >= 0.3 is 19.5 Å². The van der Waals surface area contributed by atoms with Gasteiger partial charge in [0.2, 0.25) is 0 Å². The second-order valence-corrected chi connectivity index (χ2v) is 4.33. The molecule has 4 atom stereocenters. The Bertz CT molecular complexity index is 673. The van der Waals surface area contributed by atoms with Gasteiger partial charge in [0.1, 0.15) is 29.5 Å². The van der Waals surface area contributed by atoms with E-state index in [2.05, 4.69) is 15.0 Å². The molecule has 2 aromatic rings. The fourth-order valence-electron chi connectivity index (χ4n) is 2.20. The Morgan fingerprint density at radius 3 is 2.19 bits per heavy atom. The van der Waals surface area contributed by atoms with E-state index >= 15 is 0 Å². The molecule has 150 valence electrons. The minimum absolute atomic E-state index is 0. The van der Waals surface area contributed by atoms with Crippen molar-refractivity contribution in [2.75, 3.05) is 6.61 Å². The van der Waals surface area contributed by atoms with Gasteiger partial charge in [-0.1, -0.05) is 0 Å². The molecule has 3 rings (SSSR count). The first-order valence-corrected chi connectivity index (χ1v) is 5.70. The van der Waals surface area contributed by atoms with Gasteiger partial charge in [0.05, 0.1) is 19.3 Å². The second-order valence-electron chi connectivity index (χ2n) is 4.33. The molecular formula is C10H23BrN10O4Ru+2. The fourth-order valence-corrected chi connectivity index (χ4v) is 2.20. The summed E-state index contributed by atoms with van der Waals surface area (Å²) in [4.78, 5) is 10.6. The van der Waals surface area contributed by atoms with Crippen LogP contribution in [0, 0.1) is 5.41 Å². The van der Waals surface area contributed by atoms with E-state index in [9.17, 15) is 10.2 Å². The molecule has 15 N–H and O–H groups in total. The normalized spacial score (nSPS) is 22.7. The van der Waals surface area contributed by atoms with Crippen molar-refractivity contribution in [3.8, 4) is 0 Å². The molecule has 0 aliphatic carbocycles. The smallest absolute Gasteiger partial charge is 1.00 e. The zero-order valence-corrected chi connectivity index (χ0v) is 16.7. The first-order chi connectivity index (χ1) is 9.13. The molecule has 0 bridgehead atoms. The van der Waals surface area contributed by atoms with Crippen molar-refractivity contribution >= 4 is 11.2 Å². The van der Waals surface area contributed by atoms with E-state index in [4.69, 9.17) is 15.3 Å². The number of halogens is 1. The van der Waals surface area contributed by atoms with Crippen LogP contribution in [0.3, 0.4) is 0 Å². The molecule has 1 fully saturated rings. The quantitative estimate of drug-likeness (QED) is 0.287.